The fourth-order valence-electron chi connectivity index (χ4n) is 10.5. The molecule has 0 bridgehead atoms. The minimum absolute atomic E-state index is 0.0252. The predicted octanol–water partition coefficient (Wildman–Crippen LogP) is 16.3. The van der Waals surface area contributed by atoms with Gasteiger partial charge in [0.05, 0.1) is 27.8 Å². The van der Waals surface area contributed by atoms with Crippen molar-refractivity contribution in [3.05, 3.63) is 332 Å². The number of hydrogen-bond acceptors (Lipinski definition) is 20. The highest BCUT2D eigenvalue weighted by atomic mass is 16.6. The number of esters is 5. The number of aryl methyl sites for hydroxylation is 4. The van der Waals surface area contributed by atoms with E-state index in [2.05, 4.69) is 0 Å². The molecule has 112 heavy (non-hydrogen) atoms. The van der Waals surface area contributed by atoms with Crippen LogP contribution >= 0.6 is 0 Å². The third-order valence-electron chi connectivity index (χ3n) is 16.2. The first-order chi connectivity index (χ1) is 53.6. The van der Waals surface area contributed by atoms with Gasteiger partial charge in [0.1, 0.15) is 85.3 Å². The Kier molecular flexibility index (Phi) is 31.1. The largest absolute Gasteiger partial charge is 0.508 e. The fraction of sp³-hybridized carbons (Fsp3) is 0.126. The molecule has 0 atom stereocenters. The number of para-hydroxylation sites is 5. The molecule has 0 heterocycles. The second-order valence-electron chi connectivity index (χ2n) is 24.2. The van der Waals surface area contributed by atoms with Gasteiger partial charge in [-0.05, 0) is 212 Å². The Morgan fingerprint density at radius 2 is 0.527 bits per heavy atom. The first-order valence-electron chi connectivity index (χ1n) is 34.4. The van der Waals surface area contributed by atoms with Gasteiger partial charge in [-0.2, -0.15) is 0 Å². The van der Waals surface area contributed by atoms with Crippen LogP contribution in [0.1, 0.15) is 177 Å². The highest BCUT2D eigenvalue weighted by Crippen LogP contribution is 2.33. The average Bonchev–Trinajstić information content (AvgIpc) is 0.822. The van der Waals surface area contributed by atoms with E-state index >= 15 is 0 Å². The van der Waals surface area contributed by atoms with Crippen molar-refractivity contribution in [2.45, 2.75) is 72.6 Å². The van der Waals surface area contributed by atoms with Crippen molar-refractivity contribution in [3.8, 4) is 57.5 Å². The van der Waals surface area contributed by atoms with Crippen LogP contribution in [0, 0.1) is 6.92 Å². The van der Waals surface area contributed by atoms with E-state index in [-0.39, 0.29) is 113 Å². The van der Waals surface area contributed by atoms with E-state index in [1.807, 2.05) is 51.1 Å². The summed E-state index contributed by atoms with van der Waals surface area (Å²) >= 11 is 0. The Morgan fingerprint density at radius 1 is 0.268 bits per heavy atom. The number of hydrogen-bond donors (Lipinski definition) is 10. The van der Waals surface area contributed by atoms with Gasteiger partial charge in [-0.1, -0.05) is 125 Å². The van der Waals surface area contributed by atoms with E-state index < -0.39 is 59.7 Å². The molecular weight excluding hydrogens is 1440 g/mol. The maximum atomic E-state index is 12.4. The Morgan fingerprint density at radius 3 is 0.821 bits per heavy atom. The molecule has 0 amide bonds. The van der Waals surface area contributed by atoms with Crippen LogP contribution in [0.25, 0.3) is 0 Å². The molecule has 11 rings (SSSR count). The lowest BCUT2D eigenvalue weighted by Gasteiger charge is -2.13. The fourth-order valence-corrected chi connectivity index (χ4v) is 10.5. The summed E-state index contributed by atoms with van der Waals surface area (Å²) in [6.07, 6.45) is 4.83. The van der Waals surface area contributed by atoms with Crippen LogP contribution in [0.2, 0.25) is 0 Å². The third kappa shape index (κ3) is 24.3. The van der Waals surface area contributed by atoms with Crippen LogP contribution in [0.4, 0.5) is 0 Å². The van der Waals surface area contributed by atoms with Crippen molar-refractivity contribution in [2.75, 3.05) is 0 Å². The van der Waals surface area contributed by atoms with E-state index in [0.29, 0.717) is 53.5 Å². The lowest BCUT2D eigenvalue weighted by molar-refractivity contribution is 0.0661. The summed E-state index contributed by atoms with van der Waals surface area (Å²) < 4.78 is 26.5. The molecule has 0 spiro atoms. The zero-order valence-electron chi connectivity index (χ0n) is 60.6. The van der Waals surface area contributed by atoms with Crippen LogP contribution in [0.15, 0.2) is 243 Å². The van der Waals surface area contributed by atoms with Gasteiger partial charge in [0.2, 0.25) is 0 Å². The van der Waals surface area contributed by atoms with Crippen molar-refractivity contribution in [1.29, 1.82) is 0 Å². The SMILES string of the molecule is CCCCc1cccc(C(=O)O)c1OC(=O)c1ccc(O)cc1.CCCc1cccc(C(=O)O)c1OC(=O)c1ccc(O)cc1.CCc1cccc(C(=O)O)c1OC(=O)c1ccc(O)cc1.Cc1cccc(C(=O)O)c1OC(=O)c1ccc(O)cc1.O=C(Oc1c(Cc2ccccc2)cccc1C(=O)O)c1ccc(O)cc1. The van der Waals surface area contributed by atoms with Crippen LogP contribution in [0.3, 0.4) is 0 Å². The zero-order valence-corrected chi connectivity index (χ0v) is 60.6. The number of phenols is 5. The van der Waals surface area contributed by atoms with E-state index in [4.69, 9.17) is 33.9 Å². The highest BCUT2D eigenvalue weighted by molar-refractivity contribution is 6.00. The number of carbonyl (C=O) groups is 10. The summed E-state index contributed by atoms with van der Waals surface area (Å²) in [5.74, 6) is -8.68. The van der Waals surface area contributed by atoms with Crippen LogP contribution < -0.4 is 23.7 Å². The normalized spacial score (nSPS) is 10.2. The second kappa shape index (κ2) is 41.3. The summed E-state index contributed by atoms with van der Waals surface area (Å²) in [6, 6.07) is 61.0. The number of carbonyl (C=O) groups excluding carboxylic acids is 5. The molecular formula is C87H76O25. The number of aromatic hydroxyl groups is 5. The Bertz CT molecular complexity index is 5150. The van der Waals surface area contributed by atoms with E-state index in [1.54, 1.807) is 67.6 Å². The molecule has 0 aliphatic heterocycles. The van der Waals surface area contributed by atoms with Crippen molar-refractivity contribution in [2.24, 2.45) is 0 Å². The molecule has 11 aromatic rings. The van der Waals surface area contributed by atoms with Gasteiger partial charge in [-0.3, -0.25) is 0 Å². The summed E-state index contributed by atoms with van der Waals surface area (Å²) in [5, 5.41) is 92.4. The first kappa shape index (κ1) is 84.4. The number of carboxylic acid groups (broad SMARTS) is 5. The van der Waals surface area contributed by atoms with E-state index in [9.17, 15) is 88.8 Å². The van der Waals surface area contributed by atoms with Gasteiger partial charge in [-0.25, -0.2) is 47.9 Å². The minimum Gasteiger partial charge on any atom is -0.508 e. The molecule has 0 aliphatic carbocycles. The molecule has 0 saturated carbocycles. The Labute approximate surface area is 641 Å². The number of aromatic carboxylic acids is 5. The molecule has 25 nitrogen and oxygen atoms in total. The van der Waals surface area contributed by atoms with Gasteiger partial charge >= 0.3 is 59.7 Å². The maximum absolute atomic E-state index is 12.4. The number of unbranched alkanes of at least 4 members (excludes halogenated alkanes) is 1. The number of ether oxygens (including phenoxy) is 5. The minimum atomic E-state index is -1.17. The third-order valence-corrected chi connectivity index (χ3v) is 16.2. The molecule has 0 aromatic heterocycles. The number of carboxylic acids is 5. The average molecular weight is 1520 g/mol. The Balaban J connectivity index is 0.000000195. The molecule has 11 aromatic carbocycles. The smallest absolute Gasteiger partial charge is 0.343 e. The Hall–Kier alpha value is -14.9. The van der Waals surface area contributed by atoms with Gasteiger partial charge in [0.15, 0.2) is 0 Å². The predicted molar refractivity (Wildman–Crippen MR) is 408 cm³/mol. The van der Waals surface area contributed by atoms with Crippen molar-refractivity contribution in [1.82, 2.24) is 0 Å². The zero-order chi connectivity index (χ0) is 81.6. The first-order valence-corrected chi connectivity index (χ1v) is 34.4. The molecule has 0 unspecified atom stereocenters. The maximum Gasteiger partial charge on any atom is 0.343 e. The number of benzene rings is 11. The summed E-state index contributed by atoms with van der Waals surface area (Å²) in [7, 11) is 0. The van der Waals surface area contributed by atoms with Gasteiger partial charge in [0, 0.05) is 12.0 Å². The summed E-state index contributed by atoms with van der Waals surface area (Å²) in [6.45, 7) is 7.49. The van der Waals surface area contributed by atoms with Gasteiger partial charge < -0.3 is 74.7 Å². The van der Waals surface area contributed by atoms with E-state index in [1.165, 1.54) is 152 Å². The summed E-state index contributed by atoms with van der Waals surface area (Å²) in [5.41, 5.74) is 5.00. The van der Waals surface area contributed by atoms with Crippen LogP contribution in [-0.4, -0.2) is 111 Å². The van der Waals surface area contributed by atoms with Crippen LogP contribution in [0.5, 0.6) is 57.5 Å². The second-order valence-corrected chi connectivity index (χ2v) is 24.2. The summed E-state index contributed by atoms with van der Waals surface area (Å²) in [4.78, 5) is 117. The topological polar surface area (TPSA) is 419 Å². The molecule has 0 saturated heterocycles. The van der Waals surface area contributed by atoms with E-state index in [0.717, 1.165) is 24.8 Å². The van der Waals surface area contributed by atoms with Gasteiger partial charge in [-0.15, -0.1) is 0 Å². The van der Waals surface area contributed by atoms with Crippen LogP contribution in [-0.2, 0) is 25.7 Å². The highest BCUT2D eigenvalue weighted by Gasteiger charge is 2.25. The number of rotatable bonds is 23. The molecule has 10 N–H and O–H groups in total. The lowest BCUT2D eigenvalue weighted by Crippen LogP contribution is -2.13. The number of phenolic OH excluding ortho intramolecular Hbond substituents is 5. The van der Waals surface area contributed by atoms with Crippen molar-refractivity contribution < 1.29 is 123 Å². The van der Waals surface area contributed by atoms with Gasteiger partial charge in [0.25, 0.3) is 0 Å². The van der Waals surface area contributed by atoms with Crippen molar-refractivity contribution >= 4 is 59.7 Å². The molecule has 0 aliphatic rings. The molecule has 574 valence electrons. The van der Waals surface area contributed by atoms with Crippen molar-refractivity contribution in [3.63, 3.8) is 0 Å². The lowest BCUT2D eigenvalue weighted by atomic mass is 10.0. The quantitative estimate of drug-likeness (QED) is 0.0210. The standard InChI is InChI=1S/C21H16O5.C18H18O5.C17H16O5.C16H14O5.C15H12O5/c22-17-11-9-15(10-12-17)21(25)26-19-16(7-4-8-18(19)20(23)24)13-14-5-2-1-3-6-14;1-2-3-5-12-6-4-7-15(17(20)21)16(12)23-18(22)13-8-10-14(19)11-9-13;1-2-4-11-5-3-6-14(16(19)20)15(11)22-17(21)12-7-9-13(18)10-8-12;1-2-10-4-3-5-13(15(18)19)14(10)21-16(20)11-6-8-12(17)9-7-11;1-9-3-2-4-12(14(17)18)13(9)20-15(19)10-5-7-11(16)8-6-10/h1-12,22H,13H2,(H,23,24);4,6-11,19H,2-3,5H2,1H3,(H,20,21);3,5-10,18H,2,4H2,1H3,(H,19,20);3-9,17H,2H2,1H3,(H,18,19);2-8,16H,1H3,(H,17,18). The molecule has 0 radical (unpaired) electrons. The molecule has 25 heteroatoms. The monoisotopic (exact) mass is 1520 g/mol. The molecule has 0 fully saturated rings.